The first-order valence-corrected chi connectivity index (χ1v) is 16.1. The summed E-state index contributed by atoms with van der Waals surface area (Å²) in [5.74, 6) is 1.78. The normalized spacial score (nSPS) is 17.2. The molecule has 2 saturated carbocycles. The van der Waals surface area contributed by atoms with Gasteiger partial charge in [-0.05, 0) is 122 Å². The monoisotopic (exact) mass is 620 g/mol. The van der Waals surface area contributed by atoms with Crippen LogP contribution >= 0.6 is 0 Å². The van der Waals surface area contributed by atoms with Gasteiger partial charge in [0.25, 0.3) is 0 Å². The summed E-state index contributed by atoms with van der Waals surface area (Å²) in [7, 11) is 0. The summed E-state index contributed by atoms with van der Waals surface area (Å²) < 4.78 is 0. The maximum Gasteiger partial charge on any atom is 0.133 e. The summed E-state index contributed by atoms with van der Waals surface area (Å²) in [5, 5.41) is 39.3. The Labute approximate surface area is 271 Å². The predicted molar refractivity (Wildman–Crippen MR) is 180 cm³/mol. The number of benzene rings is 4. The van der Waals surface area contributed by atoms with E-state index in [1.807, 2.05) is 76.2 Å². The third-order valence-corrected chi connectivity index (χ3v) is 10.3. The lowest BCUT2D eigenvalue weighted by atomic mass is 9.64. The lowest BCUT2D eigenvalue weighted by Gasteiger charge is -2.38. The van der Waals surface area contributed by atoms with Crippen LogP contribution < -0.4 is 0 Å². The maximum absolute atomic E-state index is 11.8. The fraction of sp³-hybridized carbons (Fsp3) is 0.350. The Balaban J connectivity index is 0.000000181. The largest absolute Gasteiger partial charge is 0.508 e. The van der Waals surface area contributed by atoms with Gasteiger partial charge in [-0.1, -0.05) is 48.5 Å². The number of aromatic hydroxyl groups is 4. The number of rotatable bonds is 4. The van der Waals surface area contributed by atoms with Crippen LogP contribution in [-0.4, -0.2) is 32.0 Å². The molecular formula is C40H44O6. The van der Waals surface area contributed by atoms with Crippen molar-refractivity contribution in [3.8, 4) is 23.0 Å². The SMILES string of the molecule is Cc1cc(C2(c3ccc(O)c(C)c3)CCC(=O)CC2)ccc1O.Cc1cc(C2(c3ccc(O)c(C)c3)CCC(=O)CC2)ccc1O. The molecule has 0 spiro atoms. The van der Waals surface area contributed by atoms with Crippen LogP contribution in [0, 0.1) is 27.7 Å². The van der Waals surface area contributed by atoms with Gasteiger partial charge >= 0.3 is 0 Å². The topological polar surface area (TPSA) is 115 Å². The maximum atomic E-state index is 11.8. The number of ketones is 2. The van der Waals surface area contributed by atoms with E-state index in [0.717, 1.165) is 70.2 Å². The Kier molecular flexibility index (Phi) is 9.29. The lowest BCUT2D eigenvalue weighted by Crippen LogP contribution is -2.33. The number of hydrogen-bond acceptors (Lipinski definition) is 6. The molecule has 0 heterocycles. The van der Waals surface area contributed by atoms with Gasteiger partial charge in [0.15, 0.2) is 0 Å². The van der Waals surface area contributed by atoms with E-state index in [1.54, 1.807) is 24.3 Å². The van der Waals surface area contributed by atoms with Crippen molar-refractivity contribution in [3.05, 3.63) is 117 Å². The number of carbonyl (C=O) groups is 2. The highest BCUT2D eigenvalue weighted by atomic mass is 16.3. The Bertz CT molecular complexity index is 1530. The molecule has 2 aliphatic rings. The van der Waals surface area contributed by atoms with Crippen molar-refractivity contribution >= 4 is 11.6 Å². The van der Waals surface area contributed by atoms with Crippen LogP contribution in [0.15, 0.2) is 72.8 Å². The molecule has 2 fully saturated rings. The van der Waals surface area contributed by atoms with Crippen molar-refractivity contribution in [1.82, 2.24) is 0 Å². The minimum atomic E-state index is -0.231. The van der Waals surface area contributed by atoms with Crippen molar-refractivity contribution in [1.29, 1.82) is 0 Å². The van der Waals surface area contributed by atoms with Crippen LogP contribution in [0.1, 0.15) is 95.9 Å². The highest BCUT2D eigenvalue weighted by Crippen LogP contribution is 2.47. The minimum absolute atomic E-state index is 0.231. The van der Waals surface area contributed by atoms with Crippen LogP contribution in [0.4, 0.5) is 0 Å². The van der Waals surface area contributed by atoms with Gasteiger partial charge in [-0.25, -0.2) is 0 Å². The van der Waals surface area contributed by atoms with E-state index in [9.17, 15) is 30.0 Å². The van der Waals surface area contributed by atoms with Gasteiger partial charge in [-0.3, -0.25) is 9.59 Å². The smallest absolute Gasteiger partial charge is 0.133 e. The van der Waals surface area contributed by atoms with E-state index in [0.29, 0.717) is 37.2 Å². The van der Waals surface area contributed by atoms with Crippen molar-refractivity contribution in [2.75, 3.05) is 0 Å². The van der Waals surface area contributed by atoms with E-state index in [4.69, 9.17) is 0 Å². The zero-order chi connectivity index (χ0) is 33.2. The van der Waals surface area contributed by atoms with Gasteiger partial charge in [0.1, 0.15) is 34.6 Å². The molecule has 6 rings (SSSR count). The molecule has 0 radical (unpaired) electrons. The van der Waals surface area contributed by atoms with Gasteiger partial charge in [0.2, 0.25) is 0 Å². The lowest BCUT2D eigenvalue weighted by molar-refractivity contribution is -0.121. The highest BCUT2D eigenvalue weighted by Gasteiger charge is 2.39. The van der Waals surface area contributed by atoms with E-state index in [1.165, 1.54) is 0 Å². The molecule has 46 heavy (non-hydrogen) atoms. The fourth-order valence-electron chi connectivity index (χ4n) is 7.21. The second kappa shape index (κ2) is 13.0. The summed E-state index contributed by atoms with van der Waals surface area (Å²) >= 11 is 0. The summed E-state index contributed by atoms with van der Waals surface area (Å²) in [6, 6.07) is 22.8. The first-order valence-electron chi connectivity index (χ1n) is 16.1. The molecule has 0 aromatic heterocycles. The quantitative estimate of drug-likeness (QED) is 0.183. The predicted octanol–water partition coefficient (Wildman–Crippen LogP) is 8.29. The molecule has 0 bridgehead atoms. The van der Waals surface area contributed by atoms with E-state index >= 15 is 0 Å². The summed E-state index contributed by atoms with van der Waals surface area (Å²) in [6.07, 6.45) is 5.33. The number of phenolic OH excluding ortho intramolecular Hbond substituents is 4. The van der Waals surface area contributed by atoms with Gasteiger partial charge in [0, 0.05) is 36.5 Å². The Morgan fingerprint density at radius 2 is 0.630 bits per heavy atom. The average Bonchev–Trinajstić information content (AvgIpc) is 3.04. The highest BCUT2D eigenvalue weighted by molar-refractivity contribution is 5.80. The molecular weight excluding hydrogens is 576 g/mol. The molecule has 0 saturated heterocycles. The van der Waals surface area contributed by atoms with Crippen molar-refractivity contribution in [2.45, 2.75) is 89.9 Å². The first-order chi connectivity index (χ1) is 21.8. The number of phenols is 4. The standard InChI is InChI=1S/2C20H22O3/c2*1-13-11-15(3-5-18(13)22)20(9-7-17(21)8-10-20)16-4-6-19(23)14(2)12-16/h2*3-6,11-12,22-23H,7-10H2,1-2H3. The molecule has 0 amide bonds. The van der Waals surface area contributed by atoms with Crippen molar-refractivity contribution < 1.29 is 30.0 Å². The number of hydrogen-bond donors (Lipinski definition) is 4. The Morgan fingerprint density at radius 1 is 0.413 bits per heavy atom. The zero-order valence-corrected chi connectivity index (χ0v) is 27.2. The Morgan fingerprint density at radius 3 is 0.826 bits per heavy atom. The van der Waals surface area contributed by atoms with Gasteiger partial charge in [0.05, 0.1) is 0 Å². The summed E-state index contributed by atoms with van der Waals surface area (Å²) in [5.41, 5.74) is 7.43. The molecule has 0 atom stereocenters. The van der Waals surface area contributed by atoms with Crippen LogP contribution in [0.3, 0.4) is 0 Å². The molecule has 4 aromatic rings. The second-order valence-corrected chi connectivity index (χ2v) is 13.2. The van der Waals surface area contributed by atoms with Crippen molar-refractivity contribution in [2.24, 2.45) is 0 Å². The van der Waals surface area contributed by atoms with E-state index < -0.39 is 0 Å². The third-order valence-electron chi connectivity index (χ3n) is 10.3. The summed E-state index contributed by atoms with van der Waals surface area (Å²) in [6.45, 7) is 7.57. The first kappa shape index (κ1) is 32.8. The van der Waals surface area contributed by atoms with Gasteiger partial charge in [-0.15, -0.1) is 0 Å². The molecule has 0 unspecified atom stereocenters. The van der Waals surface area contributed by atoms with Crippen LogP contribution in [0.5, 0.6) is 23.0 Å². The van der Waals surface area contributed by atoms with E-state index in [2.05, 4.69) is 0 Å². The van der Waals surface area contributed by atoms with Gasteiger partial charge < -0.3 is 20.4 Å². The molecule has 0 aliphatic heterocycles. The molecule has 6 heteroatoms. The number of Topliss-reactive ketones (excluding diaryl/α,β-unsaturated/α-hetero) is 2. The van der Waals surface area contributed by atoms with Crippen LogP contribution in [0.25, 0.3) is 0 Å². The number of aryl methyl sites for hydroxylation is 4. The third kappa shape index (κ3) is 6.39. The van der Waals surface area contributed by atoms with Crippen molar-refractivity contribution in [3.63, 3.8) is 0 Å². The molecule has 4 aromatic carbocycles. The summed E-state index contributed by atoms with van der Waals surface area (Å²) in [4.78, 5) is 23.6. The molecule has 240 valence electrons. The van der Waals surface area contributed by atoms with Gasteiger partial charge in [-0.2, -0.15) is 0 Å². The Hall–Kier alpha value is -4.58. The van der Waals surface area contributed by atoms with Crippen LogP contribution in [0.2, 0.25) is 0 Å². The van der Waals surface area contributed by atoms with Crippen LogP contribution in [-0.2, 0) is 20.4 Å². The zero-order valence-electron chi connectivity index (χ0n) is 27.2. The molecule has 6 nitrogen and oxygen atoms in total. The molecule has 2 aliphatic carbocycles. The fourth-order valence-corrected chi connectivity index (χ4v) is 7.21. The minimum Gasteiger partial charge on any atom is -0.508 e. The van der Waals surface area contributed by atoms with E-state index in [-0.39, 0.29) is 33.8 Å². The number of carbonyl (C=O) groups excluding carboxylic acids is 2. The molecule has 4 N–H and O–H groups in total. The average molecular weight is 621 g/mol. The second-order valence-electron chi connectivity index (χ2n) is 13.2.